The molecular weight excluding hydrogens is 208 g/mol. The second-order valence-corrected chi connectivity index (χ2v) is 4.88. The molecule has 82 valence electrons. The van der Waals surface area contributed by atoms with Gasteiger partial charge in [0.15, 0.2) is 0 Å². The average molecular weight is 224 g/mol. The maximum Gasteiger partial charge on any atom is 0.264 e. The van der Waals surface area contributed by atoms with Crippen LogP contribution in [-0.4, -0.2) is 29.9 Å². The maximum absolute atomic E-state index is 12.2. The molecule has 0 radical (unpaired) electrons. The molecule has 3 nitrogen and oxygen atoms in total. The third-order valence-corrected chi connectivity index (χ3v) is 3.97. The summed E-state index contributed by atoms with van der Waals surface area (Å²) in [6, 6.07) is 2.24. The van der Waals surface area contributed by atoms with Gasteiger partial charge in [-0.05, 0) is 36.8 Å². The Hall–Kier alpha value is -0.870. The summed E-state index contributed by atoms with van der Waals surface area (Å²) in [4.78, 5) is 15.0. The van der Waals surface area contributed by atoms with Crippen molar-refractivity contribution in [1.82, 2.24) is 4.90 Å². The summed E-state index contributed by atoms with van der Waals surface area (Å²) < 4.78 is 0. The topological polar surface area (TPSA) is 46.3 Å². The van der Waals surface area contributed by atoms with Crippen LogP contribution in [0.3, 0.4) is 0 Å². The number of amides is 1. The second-order valence-electron chi connectivity index (χ2n) is 3.96. The van der Waals surface area contributed by atoms with Gasteiger partial charge in [0, 0.05) is 19.1 Å². The van der Waals surface area contributed by atoms with Gasteiger partial charge < -0.3 is 10.6 Å². The molecule has 1 aromatic rings. The summed E-state index contributed by atoms with van der Waals surface area (Å²) in [5.74, 6) is 0.162. The first-order chi connectivity index (χ1) is 7.24. The first-order valence-corrected chi connectivity index (χ1v) is 6.17. The quantitative estimate of drug-likeness (QED) is 0.829. The summed E-state index contributed by atoms with van der Waals surface area (Å²) in [6.07, 6.45) is 2.13. The molecule has 2 rings (SSSR count). The smallest absolute Gasteiger partial charge is 0.264 e. The van der Waals surface area contributed by atoms with Gasteiger partial charge >= 0.3 is 0 Å². The molecule has 1 saturated heterocycles. The van der Waals surface area contributed by atoms with Crippen LogP contribution in [0.25, 0.3) is 0 Å². The zero-order chi connectivity index (χ0) is 10.8. The van der Waals surface area contributed by atoms with Crippen molar-refractivity contribution < 1.29 is 4.79 Å². The molecule has 15 heavy (non-hydrogen) atoms. The van der Waals surface area contributed by atoms with Crippen LogP contribution in [-0.2, 0) is 0 Å². The molecule has 0 aliphatic carbocycles. The van der Waals surface area contributed by atoms with Crippen molar-refractivity contribution >= 4 is 17.2 Å². The standard InChI is InChI=1S/C11H16N2OS/c1-8-4-6-15-10(8)11(14)13-5-2-3-9(13)7-12/h4,6,9H,2-3,5,7,12H2,1H3/t9-/m0/s1. The maximum atomic E-state index is 12.2. The van der Waals surface area contributed by atoms with E-state index in [2.05, 4.69) is 0 Å². The molecule has 0 saturated carbocycles. The molecule has 1 aliphatic heterocycles. The van der Waals surface area contributed by atoms with E-state index in [4.69, 9.17) is 5.73 Å². The van der Waals surface area contributed by atoms with E-state index in [9.17, 15) is 4.79 Å². The van der Waals surface area contributed by atoms with E-state index in [1.165, 1.54) is 11.3 Å². The van der Waals surface area contributed by atoms with Gasteiger partial charge in [-0.15, -0.1) is 11.3 Å². The molecule has 0 spiro atoms. The third kappa shape index (κ3) is 1.92. The molecule has 1 amide bonds. The minimum absolute atomic E-state index is 0.162. The van der Waals surface area contributed by atoms with E-state index in [0.29, 0.717) is 6.54 Å². The number of hydrogen-bond donors (Lipinski definition) is 1. The van der Waals surface area contributed by atoms with Crippen LogP contribution in [0.5, 0.6) is 0 Å². The Morgan fingerprint density at radius 3 is 3.13 bits per heavy atom. The van der Waals surface area contributed by atoms with Crippen molar-refractivity contribution in [2.45, 2.75) is 25.8 Å². The van der Waals surface area contributed by atoms with Gasteiger partial charge in [0.05, 0.1) is 4.88 Å². The molecule has 0 bridgehead atoms. The Morgan fingerprint density at radius 1 is 1.73 bits per heavy atom. The monoisotopic (exact) mass is 224 g/mol. The van der Waals surface area contributed by atoms with E-state index >= 15 is 0 Å². The van der Waals surface area contributed by atoms with Crippen molar-refractivity contribution in [2.24, 2.45) is 5.73 Å². The number of aryl methyl sites for hydroxylation is 1. The Labute approximate surface area is 93.9 Å². The zero-order valence-corrected chi connectivity index (χ0v) is 9.72. The lowest BCUT2D eigenvalue weighted by atomic mass is 10.2. The van der Waals surface area contributed by atoms with Gasteiger partial charge in [-0.1, -0.05) is 0 Å². The molecule has 0 aromatic carbocycles. The van der Waals surface area contributed by atoms with E-state index in [0.717, 1.165) is 29.8 Å². The number of hydrogen-bond acceptors (Lipinski definition) is 3. The van der Waals surface area contributed by atoms with Crippen LogP contribution in [0.15, 0.2) is 11.4 Å². The molecular formula is C11H16N2OS. The predicted molar refractivity (Wildman–Crippen MR) is 62.2 cm³/mol. The highest BCUT2D eigenvalue weighted by atomic mass is 32.1. The largest absolute Gasteiger partial charge is 0.334 e. The molecule has 2 heterocycles. The zero-order valence-electron chi connectivity index (χ0n) is 8.90. The summed E-state index contributed by atoms with van der Waals surface area (Å²) in [5, 5.41) is 1.97. The van der Waals surface area contributed by atoms with Gasteiger partial charge in [-0.3, -0.25) is 4.79 Å². The van der Waals surface area contributed by atoms with Crippen LogP contribution in [0.2, 0.25) is 0 Å². The van der Waals surface area contributed by atoms with Crippen molar-refractivity contribution in [3.63, 3.8) is 0 Å². The molecule has 1 atom stereocenters. The van der Waals surface area contributed by atoms with Gasteiger partial charge in [0.1, 0.15) is 0 Å². The first kappa shape index (κ1) is 10.6. The third-order valence-electron chi connectivity index (χ3n) is 2.97. The molecule has 1 aromatic heterocycles. The fourth-order valence-electron chi connectivity index (χ4n) is 2.07. The van der Waals surface area contributed by atoms with Gasteiger partial charge in [-0.25, -0.2) is 0 Å². The van der Waals surface area contributed by atoms with Crippen LogP contribution in [0.1, 0.15) is 28.1 Å². The Kier molecular flexibility index (Phi) is 3.07. The second kappa shape index (κ2) is 4.33. The molecule has 0 unspecified atom stereocenters. The summed E-state index contributed by atoms with van der Waals surface area (Å²) in [6.45, 7) is 3.42. The minimum atomic E-state index is 0.162. The lowest BCUT2D eigenvalue weighted by Crippen LogP contribution is -2.39. The van der Waals surface area contributed by atoms with Crippen molar-refractivity contribution in [2.75, 3.05) is 13.1 Å². The van der Waals surface area contributed by atoms with E-state index in [-0.39, 0.29) is 11.9 Å². The van der Waals surface area contributed by atoms with Crippen molar-refractivity contribution in [3.8, 4) is 0 Å². The highest BCUT2D eigenvalue weighted by molar-refractivity contribution is 7.12. The van der Waals surface area contributed by atoms with Crippen molar-refractivity contribution in [3.05, 3.63) is 21.9 Å². The number of nitrogens with zero attached hydrogens (tertiary/aromatic N) is 1. The summed E-state index contributed by atoms with van der Waals surface area (Å²) in [7, 11) is 0. The lowest BCUT2D eigenvalue weighted by Gasteiger charge is -2.23. The number of rotatable bonds is 2. The molecule has 1 aliphatic rings. The highest BCUT2D eigenvalue weighted by Crippen LogP contribution is 2.23. The van der Waals surface area contributed by atoms with E-state index in [1.54, 1.807) is 0 Å². The number of carbonyl (C=O) groups excluding carboxylic acids is 1. The fourth-order valence-corrected chi connectivity index (χ4v) is 2.95. The number of likely N-dealkylation sites (tertiary alicyclic amines) is 1. The lowest BCUT2D eigenvalue weighted by molar-refractivity contribution is 0.0745. The number of nitrogens with two attached hydrogens (primary N) is 1. The van der Waals surface area contributed by atoms with Crippen LogP contribution >= 0.6 is 11.3 Å². The van der Waals surface area contributed by atoms with E-state index in [1.807, 2.05) is 23.3 Å². The van der Waals surface area contributed by atoms with Gasteiger partial charge in [0.2, 0.25) is 0 Å². The highest BCUT2D eigenvalue weighted by Gasteiger charge is 2.29. The Bertz CT molecular complexity index is 361. The van der Waals surface area contributed by atoms with Crippen LogP contribution < -0.4 is 5.73 Å². The average Bonchev–Trinajstić information content (AvgIpc) is 2.84. The van der Waals surface area contributed by atoms with Crippen molar-refractivity contribution in [1.29, 1.82) is 0 Å². The summed E-state index contributed by atoms with van der Waals surface area (Å²) in [5.41, 5.74) is 6.74. The SMILES string of the molecule is Cc1ccsc1C(=O)N1CCC[C@H]1CN. The normalized spacial score (nSPS) is 20.9. The first-order valence-electron chi connectivity index (χ1n) is 5.29. The fraction of sp³-hybridized carbons (Fsp3) is 0.545. The van der Waals surface area contributed by atoms with E-state index < -0.39 is 0 Å². The number of thiophene rings is 1. The van der Waals surface area contributed by atoms with Crippen LogP contribution in [0.4, 0.5) is 0 Å². The summed E-state index contributed by atoms with van der Waals surface area (Å²) >= 11 is 1.52. The minimum Gasteiger partial charge on any atom is -0.334 e. The Morgan fingerprint density at radius 2 is 2.53 bits per heavy atom. The predicted octanol–water partition coefficient (Wildman–Crippen LogP) is 1.62. The molecule has 2 N–H and O–H groups in total. The van der Waals surface area contributed by atoms with Crippen LogP contribution in [0, 0.1) is 6.92 Å². The van der Waals surface area contributed by atoms with Gasteiger partial charge in [-0.2, -0.15) is 0 Å². The number of carbonyl (C=O) groups is 1. The molecule has 1 fully saturated rings. The Balaban J connectivity index is 2.18. The van der Waals surface area contributed by atoms with Gasteiger partial charge in [0.25, 0.3) is 5.91 Å². The molecule has 4 heteroatoms.